The molecule has 0 spiro atoms. The average molecular weight is 269 g/mol. The molecule has 0 radical (unpaired) electrons. The van der Waals surface area contributed by atoms with E-state index in [0.29, 0.717) is 5.69 Å². The molecule has 4 heterocycles. The van der Waals surface area contributed by atoms with E-state index in [1.165, 1.54) is 13.9 Å². The van der Waals surface area contributed by atoms with Crippen LogP contribution in [0.5, 0.6) is 0 Å². The van der Waals surface area contributed by atoms with Gasteiger partial charge in [0.15, 0.2) is 0 Å². The molecule has 20 heavy (non-hydrogen) atoms. The van der Waals surface area contributed by atoms with Crippen LogP contribution in [0.15, 0.2) is 52.1 Å². The lowest BCUT2D eigenvalue weighted by atomic mass is 9.96. The Bertz CT molecular complexity index is 809. The van der Waals surface area contributed by atoms with Crippen molar-refractivity contribution in [2.75, 3.05) is 0 Å². The Balaban J connectivity index is 1.84. The van der Waals surface area contributed by atoms with Crippen LogP contribution < -0.4 is 11.4 Å². The maximum Gasteiger partial charge on any atom is 0.352 e. The number of aromatic nitrogens is 3. The van der Waals surface area contributed by atoms with Crippen molar-refractivity contribution in [2.24, 2.45) is 0 Å². The van der Waals surface area contributed by atoms with Crippen LogP contribution in [0.3, 0.4) is 0 Å². The predicted molar refractivity (Wildman–Crippen MR) is 70.2 cm³/mol. The number of para-hydroxylation sites is 1. The predicted octanol–water partition coefficient (Wildman–Crippen LogP) is 0.234. The van der Waals surface area contributed by atoms with Gasteiger partial charge in [-0.25, -0.2) is 23.5 Å². The van der Waals surface area contributed by atoms with Crippen molar-refractivity contribution >= 4 is 0 Å². The summed E-state index contributed by atoms with van der Waals surface area (Å²) in [5.74, 6) is 0. The second kappa shape index (κ2) is 3.21. The number of rotatable bonds is 1. The Morgan fingerprint density at radius 2 is 1.40 bits per heavy atom. The molecule has 4 atom stereocenters. The molecular formula is C14H11N3O3. The molecule has 0 unspecified atom stereocenters. The van der Waals surface area contributed by atoms with E-state index in [-0.39, 0.29) is 35.7 Å². The van der Waals surface area contributed by atoms with E-state index in [9.17, 15) is 9.59 Å². The molecule has 1 aromatic heterocycles. The number of benzene rings is 1. The Morgan fingerprint density at radius 3 is 1.95 bits per heavy atom. The van der Waals surface area contributed by atoms with Gasteiger partial charge in [-0.1, -0.05) is 30.4 Å². The van der Waals surface area contributed by atoms with E-state index >= 15 is 0 Å². The van der Waals surface area contributed by atoms with Gasteiger partial charge >= 0.3 is 11.4 Å². The lowest BCUT2D eigenvalue weighted by Gasteiger charge is -2.29. The fourth-order valence-electron chi connectivity index (χ4n) is 3.39. The van der Waals surface area contributed by atoms with Gasteiger partial charge in [0.25, 0.3) is 0 Å². The largest absolute Gasteiger partial charge is 0.364 e. The topological polar surface area (TPSA) is 61.5 Å². The maximum absolute atomic E-state index is 12.6. The number of hydrogen-bond acceptors (Lipinski definition) is 3. The number of epoxide rings is 1. The standard InChI is InChI=1S/C14H11N3O3/c18-13-15(8-4-2-1-3-5-8)14(19)17-10-7-6-9(16(13)17)11-12(10)20-11/h1-7,9-12H/t9-,10+,11+,12-. The molecule has 0 saturated carbocycles. The minimum Gasteiger partial charge on any atom is -0.364 e. The summed E-state index contributed by atoms with van der Waals surface area (Å²) in [5, 5.41) is 0. The van der Waals surface area contributed by atoms with Crippen molar-refractivity contribution in [3.63, 3.8) is 0 Å². The molecule has 0 N–H and O–H groups in total. The summed E-state index contributed by atoms with van der Waals surface area (Å²) in [6, 6.07) is 8.71. The first-order chi connectivity index (χ1) is 9.77. The summed E-state index contributed by atoms with van der Waals surface area (Å²) in [6.45, 7) is 0. The third kappa shape index (κ3) is 1.05. The molecule has 6 rings (SSSR count). The summed E-state index contributed by atoms with van der Waals surface area (Å²) >= 11 is 0. The molecule has 6 heteroatoms. The van der Waals surface area contributed by atoms with E-state index in [0.717, 1.165) is 0 Å². The normalized spacial score (nSPS) is 32.0. The summed E-state index contributed by atoms with van der Waals surface area (Å²) in [5.41, 5.74) is 0.00916. The van der Waals surface area contributed by atoms with Crippen LogP contribution >= 0.6 is 0 Å². The molecule has 4 aliphatic rings. The highest BCUT2D eigenvalue weighted by Gasteiger charge is 2.58. The fourth-order valence-corrected chi connectivity index (χ4v) is 3.39. The van der Waals surface area contributed by atoms with Gasteiger partial charge in [0.05, 0.1) is 5.69 Å². The van der Waals surface area contributed by atoms with Crippen LogP contribution in [0.1, 0.15) is 12.1 Å². The van der Waals surface area contributed by atoms with E-state index in [2.05, 4.69) is 0 Å². The average Bonchev–Trinajstić information content (AvgIpc) is 3.25. The summed E-state index contributed by atoms with van der Waals surface area (Å²) < 4.78 is 9.88. The van der Waals surface area contributed by atoms with Crippen molar-refractivity contribution in [3.8, 4) is 5.69 Å². The zero-order chi connectivity index (χ0) is 13.4. The minimum atomic E-state index is -0.297. The minimum absolute atomic E-state index is 0.0497. The molecule has 1 aliphatic carbocycles. The molecule has 3 aliphatic heterocycles. The van der Waals surface area contributed by atoms with Crippen molar-refractivity contribution < 1.29 is 4.74 Å². The molecule has 6 nitrogen and oxygen atoms in total. The number of ether oxygens (including phenoxy) is 1. The number of hydrogen-bond donors (Lipinski definition) is 0. The highest BCUT2D eigenvalue weighted by atomic mass is 16.6. The van der Waals surface area contributed by atoms with E-state index in [1.54, 1.807) is 12.1 Å². The molecule has 0 amide bonds. The molecule has 1 saturated heterocycles. The van der Waals surface area contributed by atoms with Crippen LogP contribution in [-0.2, 0) is 4.74 Å². The molecular weight excluding hydrogens is 258 g/mol. The van der Waals surface area contributed by atoms with Crippen molar-refractivity contribution in [1.82, 2.24) is 13.9 Å². The Labute approximate surface area is 113 Å². The Hall–Kier alpha value is -2.34. The van der Waals surface area contributed by atoms with Crippen molar-refractivity contribution in [1.29, 1.82) is 0 Å². The van der Waals surface area contributed by atoms with Gasteiger partial charge in [0.2, 0.25) is 0 Å². The summed E-state index contributed by atoms with van der Waals surface area (Å²) in [4.78, 5) is 25.2. The van der Waals surface area contributed by atoms with Gasteiger partial charge in [0, 0.05) is 0 Å². The van der Waals surface area contributed by atoms with Crippen LogP contribution in [0, 0.1) is 0 Å². The Kier molecular flexibility index (Phi) is 1.68. The third-order valence-corrected chi connectivity index (χ3v) is 4.33. The zero-order valence-electron chi connectivity index (χ0n) is 10.4. The van der Waals surface area contributed by atoms with Gasteiger partial charge < -0.3 is 4.74 Å². The fraction of sp³-hybridized carbons (Fsp3) is 0.286. The SMILES string of the molecule is O=c1n(-c2ccccc2)c(=O)n2n1[C@@H]1C=C[C@H]2[C@H]2O[C@H]21. The zero-order valence-corrected chi connectivity index (χ0v) is 10.4. The van der Waals surface area contributed by atoms with Crippen molar-refractivity contribution in [2.45, 2.75) is 24.3 Å². The quantitative estimate of drug-likeness (QED) is 0.550. The Morgan fingerprint density at radius 1 is 0.850 bits per heavy atom. The second-order valence-electron chi connectivity index (χ2n) is 5.36. The number of nitrogens with zero attached hydrogens (tertiary/aromatic N) is 3. The summed E-state index contributed by atoms with van der Waals surface area (Å²) in [6.07, 6.45) is 4.03. The highest BCUT2D eigenvalue weighted by molar-refractivity contribution is 5.32. The molecule has 100 valence electrons. The molecule has 2 bridgehead atoms. The van der Waals surface area contributed by atoms with Gasteiger partial charge in [0.1, 0.15) is 24.3 Å². The monoisotopic (exact) mass is 269 g/mol. The van der Waals surface area contributed by atoms with Gasteiger partial charge in [-0.2, -0.15) is 0 Å². The first kappa shape index (κ1) is 10.4. The second-order valence-corrected chi connectivity index (χ2v) is 5.36. The summed E-state index contributed by atoms with van der Waals surface area (Å²) in [7, 11) is 0. The maximum atomic E-state index is 12.6. The lowest BCUT2D eigenvalue weighted by Crippen LogP contribution is -2.43. The van der Waals surface area contributed by atoms with Gasteiger partial charge in [-0.3, -0.25) is 0 Å². The highest BCUT2D eigenvalue weighted by Crippen LogP contribution is 2.47. The first-order valence-electron chi connectivity index (χ1n) is 6.62. The molecule has 1 aromatic carbocycles. The first-order valence-corrected chi connectivity index (χ1v) is 6.62. The van der Waals surface area contributed by atoms with Gasteiger partial charge in [-0.05, 0) is 12.1 Å². The van der Waals surface area contributed by atoms with E-state index in [4.69, 9.17) is 4.74 Å². The van der Waals surface area contributed by atoms with Crippen LogP contribution in [0.4, 0.5) is 0 Å². The van der Waals surface area contributed by atoms with E-state index in [1.807, 2.05) is 30.4 Å². The van der Waals surface area contributed by atoms with Crippen LogP contribution in [-0.4, -0.2) is 26.1 Å². The van der Waals surface area contributed by atoms with Crippen molar-refractivity contribution in [3.05, 3.63) is 63.5 Å². The van der Waals surface area contributed by atoms with Gasteiger partial charge in [-0.15, -0.1) is 0 Å². The molecule has 1 fully saturated rings. The lowest BCUT2D eigenvalue weighted by molar-refractivity contribution is 0.297. The van der Waals surface area contributed by atoms with Crippen LogP contribution in [0.25, 0.3) is 5.69 Å². The van der Waals surface area contributed by atoms with Crippen LogP contribution in [0.2, 0.25) is 0 Å². The third-order valence-electron chi connectivity index (χ3n) is 4.33. The molecule has 2 aromatic rings. The van der Waals surface area contributed by atoms with E-state index < -0.39 is 0 Å². The smallest absolute Gasteiger partial charge is 0.352 e.